The van der Waals surface area contributed by atoms with Gasteiger partial charge in [-0.05, 0) is 53.2 Å². The summed E-state index contributed by atoms with van der Waals surface area (Å²) in [5.74, 6) is -0.211. The summed E-state index contributed by atoms with van der Waals surface area (Å²) in [7, 11) is 0. The number of hydrogen-bond donors (Lipinski definition) is 1. The lowest BCUT2D eigenvalue weighted by atomic mass is 10.0. The summed E-state index contributed by atoms with van der Waals surface area (Å²) in [6.07, 6.45) is 0. The summed E-state index contributed by atoms with van der Waals surface area (Å²) in [4.78, 5) is 25.2. The Morgan fingerprint density at radius 1 is 0.767 bits per heavy atom. The fraction of sp³-hybridized carbons (Fsp3) is 0.0400. The number of nitrogens with one attached hydrogen (secondary N) is 1. The van der Waals surface area contributed by atoms with Gasteiger partial charge in [-0.2, -0.15) is 0 Å². The fourth-order valence-electron chi connectivity index (χ4n) is 3.20. The SMILES string of the molecule is O=C(NCc1c(OC(=O)c2ccc(Br)cc2)ccc2ccccc12)c1ccccc1. The topological polar surface area (TPSA) is 55.4 Å². The zero-order valence-electron chi connectivity index (χ0n) is 16.0. The Balaban J connectivity index is 1.63. The molecule has 0 aromatic heterocycles. The molecule has 30 heavy (non-hydrogen) atoms. The lowest BCUT2D eigenvalue weighted by molar-refractivity contribution is 0.0733. The summed E-state index contributed by atoms with van der Waals surface area (Å²) >= 11 is 3.36. The van der Waals surface area contributed by atoms with Gasteiger partial charge in [0.05, 0.1) is 5.56 Å². The molecule has 0 radical (unpaired) electrons. The minimum absolute atomic E-state index is 0.186. The highest BCUT2D eigenvalue weighted by molar-refractivity contribution is 9.10. The number of fused-ring (bicyclic) bond motifs is 1. The Hall–Kier alpha value is -3.44. The van der Waals surface area contributed by atoms with E-state index in [2.05, 4.69) is 21.2 Å². The Morgan fingerprint density at radius 3 is 2.23 bits per heavy atom. The van der Waals surface area contributed by atoms with Gasteiger partial charge < -0.3 is 10.1 Å². The molecule has 1 N–H and O–H groups in total. The van der Waals surface area contributed by atoms with Crippen LogP contribution in [0.1, 0.15) is 26.3 Å². The van der Waals surface area contributed by atoms with E-state index in [0.717, 1.165) is 20.8 Å². The number of hydrogen-bond acceptors (Lipinski definition) is 3. The summed E-state index contributed by atoms with van der Waals surface area (Å²) in [5, 5.41) is 4.86. The van der Waals surface area contributed by atoms with Crippen LogP contribution in [0.25, 0.3) is 10.8 Å². The molecule has 0 saturated carbocycles. The van der Waals surface area contributed by atoms with Gasteiger partial charge in [-0.3, -0.25) is 4.79 Å². The predicted octanol–water partition coefficient (Wildman–Crippen LogP) is 5.75. The van der Waals surface area contributed by atoms with Crippen molar-refractivity contribution in [1.29, 1.82) is 0 Å². The molecule has 5 heteroatoms. The maximum atomic E-state index is 12.6. The molecule has 0 fully saturated rings. The smallest absolute Gasteiger partial charge is 0.343 e. The van der Waals surface area contributed by atoms with Crippen LogP contribution >= 0.6 is 15.9 Å². The molecule has 0 saturated heterocycles. The van der Waals surface area contributed by atoms with Gasteiger partial charge in [-0.1, -0.05) is 64.5 Å². The molecule has 0 bridgehead atoms. The van der Waals surface area contributed by atoms with Crippen molar-refractivity contribution in [3.05, 3.63) is 112 Å². The van der Waals surface area contributed by atoms with Crippen molar-refractivity contribution < 1.29 is 14.3 Å². The maximum absolute atomic E-state index is 12.6. The van der Waals surface area contributed by atoms with Crippen LogP contribution in [0.15, 0.2) is 95.5 Å². The minimum atomic E-state index is -0.451. The van der Waals surface area contributed by atoms with Gasteiger partial charge >= 0.3 is 5.97 Å². The molecular formula is C25H18BrNO3. The second kappa shape index (κ2) is 8.93. The van der Waals surface area contributed by atoms with Crippen molar-refractivity contribution in [2.45, 2.75) is 6.54 Å². The monoisotopic (exact) mass is 459 g/mol. The van der Waals surface area contributed by atoms with Crippen molar-refractivity contribution in [3.8, 4) is 5.75 Å². The number of carbonyl (C=O) groups is 2. The third kappa shape index (κ3) is 4.42. The molecule has 0 spiro atoms. The first-order chi connectivity index (χ1) is 14.6. The number of carbonyl (C=O) groups excluding carboxylic acids is 2. The van der Waals surface area contributed by atoms with E-state index in [-0.39, 0.29) is 12.5 Å². The molecule has 0 atom stereocenters. The predicted molar refractivity (Wildman–Crippen MR) is 121 cm³/mol. The van der Waals surface area contributed by atoms with Crippen molar-refractivity contribution >= 4 is 38.6 Å². The molecule has 0 aliphatic heterocycles. The zero-order chi connectivity index (χ0) is 20.9. The molecule has 1 amide bonds. The van der Waals surface area contributed by atoms with Crippen LogP contribution in [0, 0.1) is 0 Å². The van der Waals surface area contributed by atoms with Crippen LogP contribution in [-0.4, -0.2) is 11.9 Å². The maximum Gasteiger partial charge on any atom is 0.343 e. The largest absolute Gasteiger partial charge is 0.423 e. The van der Waals surface area contributed by atoms with Gasteiger partial charge in [0, 0.05) is 22.1 Å². The van der Waals surface area contributed by atoms with Crippen LogP contribution in [-0.2, 0) is 6.54 Å². The van der Waals surface area contributed by atoms with Crippen molar-refractivity contribution in [2.24, 2.45) is 0 Å². The summed E-state index contributed by atoms with van der Waals surface area (Å²) in [5.41, 5.74) is 1.78. The van der Waals surface area contributed by atoms with E-state index < -0.39 is 5.97 Å². The van der Waals surface area contributed by atoms with Gasteiger partial charge in [0.1, 0.15) is 5.75 Å². The quantitative estimate of drug-likeness (QED) is 0.305. The average molecular weight is 460 g/mol. The number of benzene rings is 4. The highest BCUT2D eigenvalue weighted by Gasteiger charge is 2.15. The molecule has 0 aliphatic rings. The van der Waals surface area contributed by atoms with E-state index in [0.29, 0.717) is 16.9 Å². The van der Waals surface area contributed by atoms with E-state index >= 15 is 0 Å². The first-order valence-electron chi connectivity index (χ1n) is 9.43. The third-order valence-corrected chi connectivity index (χ3v) is 5.27. The molecule has 148 valence electrons. The lowest BCUT2D eigenvalue weighted by Gasteiger charge is -2.14. The molecule has 0 unspecified atom stereocenters. The van der Waals surface area contributed by atoms with Gasteiger partial charge in [-0.15, -0.1) is 0 Å². The van der Waals surface area contributed by atoms with E-state index in [9.17, 15) is 9.59 Å². The molecule has 4 nitrogen and oxygen atoms in total. The Labute approximate surface area is 182 Å². The molecule has 4 rings (SSSR count). The van der Waals surface area contributed by atoms with Crippen LogP contribution in [0.4, 0.5) is 0 Å². The summed E-state index contributed by atoms with van der Waals surface area (Å²) in [6, 6.07) is 27.5. The summed E-state index contributed by atoms with van der Waals surface area (Å²) < 4.78 is 6.60. The van der Waals surface area contributed by atoms with Gasteiger partial charge in [0.25, 0.3) is 5.91 Å². The van der Waals surface area contributed by atoms with Crippen molar-refractivity contribution in [3.63, 3.8) is 0 Å². The van der Waals surface area contributed by atoms with Crippen molar-refractivity contribution in [2.75, 3.05) is 0 Å². The Morgan fingerprint density at radius 2 is 1.47 bits per heavy atom. The third-order valence-electron chi connectivity index (χ3n) is 4.74. The van der Waals surface area contributed by atoms with E-state index in [1.54, 1.807) is 42.5 Å². The highest BCUT2D eigenvalue weighted by atomic mass is 79.9. The minimum Gasteiger partial charge on any atom is -0.423 e. The standard InChI is InChI=1S/C25H18BrNO3/c26-20-13-10-19(11-14-20)25(29)30-23-15-12-17-6-4-5-9-21(17)22(23)16-27-24(28)18-7-2-1-3-8-18/h1-15H,16H2,(H,27,28). The fourth-order valence-corrected chi connectivity index (χ4v) is 3.46. The number of halogens is 1. The Bertz CT molecular complexity index is 1200. The van der Waals surface area contributed by atoms with Crippen LogP contribution in [0.3, 0.4) is 0 Å². The molecule has 4 aromatic rings. The Kier molecular flexibility index (Phi) is 5.91. The first-order valence-corrected chi connectivity index (χ1v) is 10.2. The van der Waals surface area contributed by atoms with Gasteiger partial charge in [-0.25, -0.2) is 4.79 Å². The number of amides is 1. The average Bonchev–Trinajstić information content (AvgIpc) is 2.79. The highest BCUT2D eigenvalue weighted by Crippen LogP contribution is 2.29. The van der Waals surface area contributed by atoms with Crippen LogP contribution in [0.5, 0.6) is 5.75 Å². The van der Waals surface area contributed by atoms with Gasteiger partial charge in [0.15, 0.2) is 0 Å². The van der Waals surface area contributed by atoms with E-state index in [1.807, 2.05) is 48.5 Å². The summed E-state index contributed by atoms with van der Waals surface area (Å²) in [6.45, 7) is 0.234. The van der Waals surface area contributed by atoms with E-state index in [4.69, 9.17) is 4.74 Å². The van der Waals surface area contributed by atoms with Gasteiger partial charge in [0.2, 0.25) is 0 Å². The molecule has 0 aliphatic carbocycles. The molecule has 0 heterocycles. The lowest BCUT2D eigenvalue weighted by Crippen LogP contribution is -2.23. The second-order valence-corrected chi connectivity index (χ2v) is 7.62. The number of rotatable bonds is 5. The number of ether oxygens (including phenoxy) is 1. The second-order valence-electron chi connectivity index (χ2n) is 6.71. The zero-order valence-corrected chi connectivity index (χ0v) is 17.6. The molecular weight excluding hydrogens is 442 g/mol. The molecule has 4 aromatic carbocycles. The van der Waals surface area contributed by atoms with Crippen molar-refractivity contribution in [1.82, 2.24) is 5.32 Å². The van der Waals surface area contributed by atoms with Crippen LogP contribution < -0.4 is 10.1 Å². The number of esters is 1. The normalized spacial score (nSPS) is 10.6. The van der Waals surface area contributed by atoms with Crippen LogP contribution in [0.2, 0.25) is 0 Å². The van der Waals surface area contributed by atoms with E-state index in [1.165, 1.54) is 0 Å². The first kappa shape index (κ1) is 19.9.